The van der Waals surface area contributed by atoms with E-state index in [2.05, 4.69) is 15.3 Å². The summed E-state index contributed by atoms with van der Waals surface area (Å²) in [5.41, 5.74) is 0.749. The molecule has 0 saturated carbocycles. The van der Waals surface area contributed by atoms with Gasteiger partial charge in [-0.3, -0.25) is 4.79 Å². The Kier molecular flexibility index (Phi) is 3.61. The lowest BCUT2D eigenvalue weighted by Crippen LogP contribution is -2.33. The maximum atomic E-state index is 11.9. The average Bonchev–Trinajstić information content (AvgIpc) is 2.83. The molecule has 1 atom stereocenters. The number of nitrogens with zero attached hydrogens (tertiary/aromatic N) is 1. The molecule has 1 heterocycles. The van der Waals surface area contributed by atoms with Crippen LogP contribution < -0.4 is 5.32 Å². The molecule has 1 aromatic heterocycles. The molecule has 19 heavy (non-hydrogen) atoms. The van der Waals surface area contributed by atoms with Crippen LogP contribution in [-0.2, 0) is 4.79 Å². The van der Waals surface area contributed by atoms with Crippen molar-refractivity contribution in [3.8, 4) is 0 Å². The lowest BCUT2D eigenvalue weighted by atomic mass is 10.1. The van der Waals surface area contributed by atoms with Crippen LogP contribution in [0.25, 0.3) is 0 Å². The molecule has 0 aliphatic rings. The summed E-state index contributed by atoms with van der Waals surface area (Å²) in [5.74, 6) is -1.02. The molecule has 1 amide bonds. The molecule has 3 N–H and O–H groups in total. The van der Waals surface area contributed by atoms with E-state index in [1.54, 1.807) is 37.3 Å². The largest absolute Gasteiger partial charge is 0.479 e. The summed E-state index contributed by atoms with van der Waals surface area (Å²) in [7, 11) is 0. The van der Waals surface area contributed by atoms with Gasteiger partial charge in [0.2, 0.25) is 0 Å². The number of amides is 1. The van der Waals surface area contributed by atoms with Crippen molar-refractivity contribution in [2.45, 2.75) is 13.0 Å². The van der Waals surface area contributed by atoms with E-state index in [-0.39, 0.29) is 5.69 Å². The second kappa shape index (κ2) is 5.34. The van der Waals surface area contributed by atoms with Crippen LogP contribution >= 0.6 is 0 Å². The maximum Gasteiger partial charge on any atom is 0.330 e. The number of aromatic amines is 1. The van der Waals surface area contributed by atoms with Crippen molar-refractivity contribution in [1.82, 2.24) is 15.3 Å². The van der Waals surface area contributed by atoms with Crippen molar-refractivity contribution in [3.05, 3.63) is 53.6 Å². The third-order valence-corrected chi connectivity index (χ3v) is 2.60. The fraction of sp³-hybridized carbons (Fsp3) is 0.154. The normalized spacial score (nSPS) is 11.8. The Morgan fingerprint density at radius 3 is 2.53 bits per heavy atom. The molecule has 0 aliphatic heterocycles. The zero-order chi connectivity index (χ0) is 13.8. The highest BCUT2D eigenvalue weighted by Gasteiger charge is 2.23. The lowest BCUT2D eigenvalue weighted by Gasteiger charge is -2.14. The van der Waals surface area contributed by atoms with E-state index in [1.807, 2.05) is 0 Å². The number of rotatable bonds is 4. The van der Waals surface area contributed by atoms with E-state index in [4.69, 9.17) is 0 Å². The molecule has 0 saturated heterocycles. The fourth-order valence-electron chi connectivity index (χ4n) is 1.68. The van der Waals surface area contributed by atoms with Gasteiger partial charge in [-0.15, -0.1) is 0 Å². The van der Waals surface area contributed by atoms with Crippen molar-refractivity contribution < 1.29 is 14.7 Å². The second-order valence-corrected chi connectivity index (χ2v) is 4.04. The van der Waals surface area contributed by atoms with Gasteiger partial charge >= 0.3 is 5.97 Å². The number of nitrogens with one attached hydrogen (secondary N) is 2. The van der Waals surface area contributed by atoms with Gasteiger partial charge in [-0.1, -0.05) is 30.3 Å². The summed E-state index contributed by atoms with van der Waals surface area (Å²) in [6.45, 7) is 1.71. The van der Waals surface area contributed by atoms with Crippen molar-refractivity contribution >= 4 is 11.9 Å². The number of carbonyl (C=O) groups is 2. The summed E-state index contributed by atoms with van der Waals surface area (Å²) >= 11 is 0. The lowest BCUT2D eigenvalue weighted by molar-refractivity contribution is -0.139. The Balaban J connectivity index is 2.18. The molecule has 6 heteroatoms. The highest BCUT2D eigenvalue weighted by atomic mass is 16.4. The Labute approximate surface area is 109 Å². The van der Waals surface area contributed by atoms with E-state index in [9.17, 15) is 14.7 Å². The van der Waals surface area contributed by atoms with Crippen LogP contribution in [0.4, 0.5) is 0 Å². The van der Waals surface area contributed by atoms with Crippen LogP contribution in [-0.4, -0.2) is 27.0 Å². The number of aryl methyl sites for hydroxylation is 1. The van der Waals surface area contributed by atoms with E-state index >= 15 is 0 Å². The van der Waals surface area contributed by atoms with Crippen LogP contribution in [0.15, 0.2) is 36.5 Å². The number of carboxylic acid groups (broad SMARTS) is 1. The van der Waals surface area contributed by atoms with Crippen LogP contribution in [0.3, 0.4) is 0 Å². The number of aromatic nitrogens is 2. The summed E-state index contributed by atoms with van der Waals surface area (Å²) in [5, 5.41) is 11.6. The predicted octanol–water partition coefficient (Wildman–Crippen LogP) is 1.27. The first-order chi connectivity index (χ1) is 9.08. The Morgan fingerprint density at radius 1 is 1.32 bits per heavy atom. The van der Waals surface area contributed by atoms with E-state index in [1.165, 1.54) is 6.20 Å². The van der Waals surface area contributed by atoms with E-state index in [0.29, 0.717) is 11.4 Å². The smallest absolute Gasteiger partial charge is 0.330 e. The third kappa shape index (κ3) is 2.98. The molecule has 1 unspecified atom stereocenters. The van der Waals surface area contributed by atoms with Crippen LogP contribution in [0.2, 0.25) is 0 Å². The fourth-order valence-corrected chi connectivity index (χ4v) is 1.68. The molecular formula is C13H13N3O3. The minimum absolute atomic E-state index is 0.236. The van der Waals surface area contributed by atoms with Gasteiger partial charge in [0.25, 0.3) is 5.91 Å². The Bertz CT molecular complexity index is 592. The number of hydrogen-bond acceptors (Lipinski definition) is 3. The Hall–Kier alpha value is -2.63. The monoisotopic (exact) mass is 259 g/mol. The standard InChI is InChI=1S/C13H13N3O3/c1-8-14-7-10(15-8)12(17)16-11(13(18)19)9-5-3-2-4-6-9/h2-7,11H,1H3,(H,14,15)(H,16,17)(H,18,19). The maximum absolute atomic E-state index is 11.9. The highest BCUT2D eigenvalue weighted by molar-refractivity contribution is 5.95. The molecule has 0 aliphatic carbocycles. The number of hydrogen-bond donors (Lipinski definition) is 3. The average molecular weight is 259 g/mol. The molecule has 98 valence electrons. The van der Waals surface area contributed by atoms with Gasteiger partial charge in [0.05, 0.1) is 6.20 Å². The summed E-state index contributed by atoms with van der Waals surface area (Å²) in [6, 6.07) is 7.43. The number of carboxylic acids is 1. The summed E-state index contributed by atoms with van der Waals surface area (Å²) < 4.78 is 0. The zero-order valence-corrected chi connectivity index (χ0v) is 10.3. The number of imidazole rings is 1. The van der Waals surface area contributed by atoms with Gasteiger partial charge in [-0.05, 0) is 12.5 Å². The van der Waals surface area contributed by atoms with Crippen molar-refractivity contribution in [3.63, 3.8) is 0 Å². The quantitative estimate of drug-likeness (QED) is 0.770. The van der Waals surface area contributed by atoms with Crippen LogP contribution in [0.5, 0.6) is 0 Å². The van der Waals surface area contributed by atoms with Gasteiger partial charge in [0.1, 0.15) is 11.5 Å². The first-order valence-corrected chi connectivity index (χ1v) is 5.68. The van der Waals surface area contributed by atoms with Crippen molar-refractivity contribution in [2.24, 2.45) is 0 Å². The van der Waals surface area contributed by atoms with Gasteiger partial charge < -0.3 is 15.4 Å². The molecule has 1 aromatic carbocycles. The summed E-state index contributed by atoms with van der Waals surface area (Å²) in [4.78, 5) is 29.8. The van der Waals surface area contributed by atoms with Crippen molar-refractivity contribution in [2.75, 3.05) is 0 Å². The van der Waals surface area contributed by atoms with Gasteiger partial charge in [-0.25, -0.2) is 9.78 Å². The molecule has 2 aromatic rings. The number of H-pyrrole nitrogens is 1. The van der Waals surface area contributed by atoms with Gasteiger partial charge in [0.15, 0.2) is 6.04 Å². The first-order valence-electron chi connectivity index (χ1n) is 5.68. The van der Waals surface area contributed by atoms with Gasteiger partial charge in [0, 0.05) is 0 Å². The molecule has 6 nitrogen and oxygen atoms in total. The van der Waals surface area contributed by atoms with E-state index in [0.717, 1.165) is 0 Å². The van der Waals surface area contributed by atoms with Crippen LogP contribution in [0.1, 0.15) is 27.9 Å². The molecule has 0 bridgehead atoms. The topological polar surface area (TPSA) is 95.1 Å². The van der Waals surface area contributed by atoms with Gasteiger partial charge in [-0.2, -0.15) is 0 Å². The minimum atomic E-state index is -1.12. The predicted molar refractivity (Wildman–Crippen MR) is 67.6 cm³/mol. The Morgan fingerprint density at radius 2 is 2.00 bits per heavy atom. The molecule has 0 radical (unpaired) electrons. The molecule has 2 rings (SSSR count). The molecular weight excluding hydrogens is 246 g/mol. The summed E-state index contributed by atoms with van der Waals surface area (Å²) in [6.07, 6.45) is 1.37. The number of carbonyl (C=O) groups excluding carboxylic acids is 1. The van der Waals surface area contributed by atoms with Crippen LogP contribution in [0, 0.1) is 6.92 Å². The molecule has 0 fully saturated rings. The highest BCUT2D eigenvalue weighted by Crippen LogP contribution is 2.13. The zero-order valence-electron chi connectivity index (χ0n) is 10.3. The SMILES string of the molecule is Cc1ncc(C(=O)NC(C(=O)O)c2ccccc2)[nH]1. The number of benzene rings is 1. The number of aliphatic carboxylic acids is 1. The first kappa shape index (κ1) is 12.8. The second-order valence-electron chi connectivity index (χ2n) is 4.04. The van der Waals surface area contributed by atoms with E-state index < -0.39 is 17.9 Å². The van der Waals surface area contributed by atoms with Crippen molar-refractivity contribution in [1.29, 1.82) is 0 Å². The minimum Gasteiger partial charge on any atom is -0.479 e. The third-order valence-electron chi connectivity index (χ3n) is 2.60. The molecule has 0 spiro atoms.